The summed E-state index contributed by atoms with van der Waals surface area (Å²) in [5, 5.41) is 11.4. The van der Waals surface area contributed by atoms with Gasteiger partial charge in [0.25, 0.3) is 5.78 Å². The minimum Gasteiger partial charge on any atom is -0.507 e. The van der Waals surface area contributed by atoms with Gasteiger partial charge in [-0.1, -0.05) is 23.5 Å². The molecule has 176 valence electrons. The van der Waals surface area contributed by atoms with Crippen LogP contribution in [0.5, 0.6) is 11.5 Å². The molecule has 1 saturated heterocycles. The molecule has 0 spiro atoms. The molecule has 1 amide bonds. The van der Waals surface area contributed by atoms with E-state index in [-0.39, 0.29) is 16.5 Å². The lowest BCUT2D eigenvalue weighted by Gasteiger charge is -2.23. The zero-order valence-corrected chi connectivity index (χ0v) is 19.5. The summed E-state index contributed by atoms with van der Waals surface area (Å²) in [5.41, 5.74) is 1.31. The largest absolute Gasteiger partial charge is 0.507 e. The zero-order chi connectivity index (χ0) is 24.7. The SMILES string of the molecule is COc1ccc(/C(O)=C2\C(=O)C(=O)N(c3nc4ccc(OC)cc4s3)[C@H]2c2ccc(F)cc2)cc1. The van der Waals surface area contributed by atoms with E-state index in [2.05, 4.69) is 4.98 Å². The van der Waals surface area contributed by atoms with Crippen LogP contribution in [0.25, 0.3) is 16.0 Å². The highest BCUT2D eigenvalue weighted by atomic mass is 32.1. The van der Waals surface area contributed by atoms with Crippen molar-refractivity contribution < 1.29 is 28.6 Å². The molecule has 0 aliphatic carbocycles. The lowest BCUT2D eigenvalue weighted by molar-refractivity contribution is -0.132. The molecule has 5 rings (SSSR count). The monoisotopic (exact) mass is 490 g/mol. The second kappa shape index (κ2) is 8.84. The topological polar surface area (TPSA) is 89.0 Å². The third-order valence-corrected chi connectivity index (χ3v) is 6.80. The Morgan fingerprint density at radius 3 is 2.29 bits per heavy atom. The number of methoxy groups -OCH3 is 2. The number of benzene rings is 3. The van der Waals surface area contributed by atoms with Crippen molar-refractivity contribution in [3.63, 3.8) is 0 Å². The van der Waals surface area contributed by atoms with E-state index >= 15 is 0 Å². The molecule has 0 bridgehead atoms. The molecule has 1 fully saturated rings. The maximum atomic E-state index is 13.7. The first kappa shape index (κ1) is 22.5. The summed E-state index contributed by atoms with van der Waals surface area (Å²) in [7, 11) is 3.07. The summed E-state index contributed by atoms with van der Waals surface area (Å²) in [5.74, 6) is -1.30. The smallest absolute Gasteiger partial charge is 0.301 e. The van der Waals surface area contributed by atoms with Gasteiger partial charge in [-0.2, -0.15) is 0 Å². The van der Waals surface area contributed by atoms with Crippen LogP contribution in [0.15, 0.2) is 72.3 Å². The molecule has 4 aromatic rings. The van der Waals surface area contributed by atoms with E-state index < -0.39 is 23.5 Å². The van der Waals surface area contributed by atoms with Gasteiger partial charge in [-0.3, -0.25) is 14.5 Å². The summed E-state index contributed by atoms with van der Waals surface area (Å²) in [4.78, 5) is 32.3. The number of Topliss-reactive ketones (excluding diaryl/α,β-unsaturated/α-hetero) is 1. The van der Waals surface area contributed by atoms with E-state index in [0.29, 0.717) is 28.1 Å². The average Bonchev–Trinajstić information content (AvgIpc) is 3.41. The number of nitrogens with zero attached hydrogens (tertiary/aromatic N) is 2. The molecule has 0 saturated carbocycles. The van der Waals surface area contributed by atoms with Crippen molar-refractivity contribution in [1.29, 1.82) is 0 Å². The number of hydrogen-bond donors (Lipinski definition) is 1. The van der Waals surface area contributed by atoms with Crippen molar-refractivity contribution in [3.05, 3.63) is 89.2 Å². The second-order valence-electron chi connectivity index (χ2n) is 7.78. The van der Waals surface area contributed by atoms with Crippen molar-refractivity contribution >= 4 is 44.1 Å². The van der Waals surface area contributed by atoms with E-state index in [9.17, 15) is 19.1 Å². The molecule has 1 aromatic heterocycles. The van der Waals surface area contributed by atoms with Gasteiger partial charge in [0.1, 0.15) is 23.1 Å². The number of hydrogen-bond acceptors (Lipinski definition) is 7. The van der Waals surface area contributed by atoms with Crippen LogP contribution in [0.1, 0.15) is 17.2 Å². The van der Waals surface area contributed by atoms with Crippen LogP contribution >= 0.6 is 11.3 Å². The highest BCUT2D eigenvalue weighted by Gasteiger charge is 2.48. The van der Waals surface area contributed by atoms with Gasteiger partial charge in [-0.05, 0) is 60.2 Å². The first-order chi connectivity index (χ1) is 16.9. The number of ketones is 1. The fourth-order valence-corrected chi connectivity index (χ4v) is 5.04. The van der Waals surface area contributed by atoms with Gasteiger partial charge in [0.2, 0.25) is 0 Å². The number of carbonyl (C=O) groups excluding carboxylic acids is 2. The number of ether oxygens (including phenoxy) is 2. The summed E-state index contributed by atoms with van der Waals surface area (Å²) in [6.07, 6.45) is 0. The molecule has 1 aliphatic heterocycles. The average molecular weight is 491 g/mol. The molecular weight excluding hydrogens is 471 g/mol. The van der Waals surface area contributed by atoms with Crippen LogP contribution in [0.4, 0.5) is 9.52 Å². The van der Waals surface area contributed by atoms with E-state index in [4.69, 9.17) is 9.47 Å². The van der Waals surface area contributed by atoms with Crippen LogP contribution in [0, 0.1) is 5.82 Å². The first-order valence-electron chi connectivity index (χ1n) is 10.6. The minimum atomic E-state index is -1.000. The molecule has 1 N–H and O–H groups in total. The fourth-order valence-electron chi connectivity index (χ4n) is 4.02. The Labute approximate surface area is 203 Å². The number of rotatable bonds is 5. The number of halogens is 1. The number of aliphatic hydroxyl groups excluding tert-OH is 1. The van der Waals surface area contributed by atoms with Crippen molar-refractivity contribution in [2.75, 3.05) is 19.1 Å². The van der Waals surface area contributed by atoms with Gasteiger partial charge in [-0.25, -0.2) is 9.37 Å². The molecule has 0 unspecified atom stereocenters. The van der Waals surface area contributed by atoms with E-state index in [1.54, 1.807) is 49.6 Å². The lowest BCUT2D eigenvalue weighted by atomic mass is 9.95. The lowest BCUT2D eigenvalue weighted by Crippen LogP contribution is -2.29. The van der Waals surface area contributed by atoms with Crippen LogP contribution in [-0.2, 0) is 9.59 Å². The number of thiazole rings is 1. The molecule has 1 aliphatic rings. The van der Waals surface area contributed by atoms with Gasteiger partial charge in [0.15, 0.2) is 5.13 Å². The molecule has 35 heavy (non-hydrogen) atoms. The Morgan fingerprint density at radius 1 is 0.971 bits per heavy atom. The molecule has 7 nitrogen and oxygen atoms in total. The predicted octanol–water partition coefficient (Wildman–Crippen LogP) is 5.08. The molecule has 2 heterocycles. The second-order valence-corrected chi connectivity index (χ2v) is 8.79. The third-order valence-electron chi connectivity index (χ3n) is 5.78. The van der Waals surface area contributed by atoms with Crippen LogP contribution in [0.3, 0.4) is 0 Å². The van der Waals surface area contributed by atoms with Crippen molar-refractivity contribution in [2.24, 2.45) is 0 Å². The Hall–Kier alpha value is -4.24. The number of anilines is 1. The Morgan fingerprint density at radius 2 is 1.63 bits per heavy atom. The van der Waals surface area contributed by atoms with Crippen molar-refractivity contribution in [2.45, 2.75) is 6.04 Å². The molecule has 9 heteroatoms. The number of aliphatic hydroxyl groups is 1. The molecule has 3 aromatic carbocycles. The van der Waals surface area contributed by atoms with Gasteiger partial charge < -0.3 is 14.6 Å². The van der Waals surface area contributed by atoms with Crippen LogP contribution < -0.4 is 14.4 Å². The zero-order valence-electron chi connectivity index (χ0n) is 18.7. The molecular formula is C26H19FN2O5S. The molecule has 1 atom stereocenters. The highest BCUT2D eigenvalue weighted by Crippen LogP contribution is 2.44. The summed E-state index contributed by atoms with van der Waals surface area (Å²) in [6.45, 7) is 0. The quantitative estimate of drug-likeness (QED) is 0.239. The maximum absolute atomic E-state index is 13.7. The van der Waals surface area contributed by atoms with Gasteiger partial charge >= 0.3 is 5.91 Å². The summed E-state index contributed by atoms with van der Waals surface area (Å²) in [6, 6.07) is 16.2. The highest BCUT2D eigenvalue weighted by molar-refractivity contribution is 7.22. The van der Waals surface area contributed by atoms with Gasteiger partial charge in [0, 0.05) is 5.56 Å². The number of carbonyl (C=O) groups is 2. The van der Waals surface area contributed by atoms with E-state index in [1.807, 2.05) is 0 Å². The third kappa shape index (κ3) is 3.89. The summed E-state index contributed by atoms with van der Waals surface area (Å²) >= 11 is 1.21. The fraction of sp³-hybridized carbons (Fsp3) is 0.115. The van der Waals surface area contributed by atoms with Gasteiger partial charge in [-0.15, -0.1) is 0 Å². The van der Waals surface area contributed by atoms with Crippen molar-refractivity contribution in [1.82, 2.24) is 4.98 Å². The Kier molecular flexibility index (Phi) is 5.70. The molecule has 0 radical (unpaired) electrons. The van der Waals surface area contributed by atoms with E-state index in [0.717, 1.165) is 4.70 Å². The number of fused-ring (bicyclic) bond motifs is 1. The standard InChI is InChI=1S/C26H19FN2O5S/c1-33-17-9-5-15(6-10-17)23(30)21-22(14-3-7-16(27)8-4-14)29(25(32)24(21)31)26-28-19-12-11-18(34-2)13-20(19)35-26/h3-13,22,30H,1-2H3/b23-21+/t22-/m0/s1. The van der Waals surface area contributed by atoms with Crippen LogP contribution in [-0.4, -0.2) is 36.0 Å². The number of amides is 1. The number of aromatic nitrogens is 1. The Balaban J connectivity index is 1.69. The van der Waals surface area contributed by atoms with Crippen molar-refractivity contribution in [3.8, 4) is 11.5 Å². The Bertz CT molecular complexity index is 1480. The first-order valence-corrected chi connectivity index (χ1v) is 11.4. The predicted molar refractivity (Wildman–Crippen MR) is 130 cm³/mol. The van der Waals surface area contributed by atoms with Gasteiger partial charge in [0.05, 0.1) is 36.1 Å². The maximum Gasteiger partial charge on any atom is 0.301 e. The minimum absolute atomic E-state index is 0.108. The normalized spacial score (nSPS) is 17.2. The van der Waals surface area contributed by atoms with E-state index in [1.165, 1.54) is 47.6 Å². The van der Waals surface area contributed by atoms with Crippen LogP contribution in [0.2, 0.25) is 0 Å². The summed E-state index contributed by atoms with van der Waals surface area (Å²) < 4.78 is 24.9.